The van der Waals surface area contributed by atoms with Crippen molar-refractivity contribution in [3.05, 3.63) is 64.1 Å². The van der Waals surface area contributed by atoms with E-state index >= 15 is 0 Å². The van der Waals surface area contributed by atoms with Gasteiger partial charge in [-0.15, -0.1) is 0 Å². The summed E-state index contributed by atoms with van der Waals surface area (Å²) in [7, 11) is 3.58. The molecule has 6 nitrogen and oxygen atoms in total. The minimum atomic E-state index is -0.258. The van der Waals surface area contributed by atoms with Crippen molar-refractivity contribution in [2.75, 3.05) is 20.1 Å². The molecule has 1 aromatic carbocycles. The third-order valence-corrected chi connectivity index (χ3v) is 3.49. The van der Waals surface area contributed by atoms with Gasteiger partial charge in [-0.3, -0.25) is 9.59 Å². The van der Waals surface area contributed by atoms with Gasteiger partial charge in [0, 0.05) is 26.2 Å². The van der Waals surface area contributed by atoms with Crippen LogP contribution in [0.25, 0.3) is 0 Å². The fourth-order valence-electron chi connectivity index (χ4n) is 2.24. The summed E-state index contributed by atoms with van der Waals surface area (Å²) >= 11 is 0. The zero-order valence-corrected chi connectivity index (χ0v) is 13.5. The van der Waals surface area contributed by atoms with E-state index in [0.29, 0.717) is 6.54 Å². The lowest BCUT2D eigenvalue weighted by Gasteiger charge is -2.16. The fraction of sp³-hybridized carbons (Fsp3) is 0.353. The first-order valence-electron chi connectivity index (χ1n) is 7.61. The minimum absolute atomic E-state index is 0.232. The topological polar surface area (TPSA) is 67.2 Å². The van der Waals surface area contributed by atoms with Gasteiger partial charge in [0.15, 0.2) is 0 Å². The van der Waals surface area contributed by atoms with Crippen LogP contribution >= 0.6 is 0 Å². The molecule has 0 atom stereocenters. The number of amides is 1. The highest BCUT2D eigenvalue weighted by molar-refractivity contribution is 5.91. The highest BCUT2D eigenvalue weighted by Crippen LogP contribution is 2.02. The molecule has 122 valence electrons. The Labute approximate surface area is 135 Å². The first-order valence-corrected chi connectivity index (χ1v) is 7.61. The first-order chi connectivity index (χ1) is 11.1. The maximum absolute atomic E-state index is 11.9. The molecule has 2 rings (SSSR count). The predicted octanol–water partition coefficient (Wildman–Crippen LogP) is 1.03. The molecule has 1 aromatic heterocycles. The number of benzene rings is 1. The molecule has 0 fully saturated rings. The molecule has 23 heavy (non-hydrogen) atoms. The highest BCUT2D eigenvalue weighted by Gasteiger charge is 2.08. The van der Waals surface area contributed by atoms with Crippen LogP contribution in [0.4, 0.5) is 0 Å². The van der Waals surface area contributed by atoms with Gasteiger partial charge in [-0.2, -0.15) is 5.10 Å². The smallest absolute Gasteiger partial charge is 0.271 e. The van der Waals surface area contributed by atoms with Crippen LogP contribution in [0, 0.1) is 0 Å². The normalized spacial score (nSPS) is 10.7. The molecule has 0 aliphatic carbocycles. The lowest BCUT2D eigenvalue weighted by Crippen LogP contribution is -2.30. The van der Waals surface area contributed by atoms with E-state index < -0.39 is 0 Å². The van der Waals surface area contributed by atoms with E-state index in [-0.39, 0.29) is 17.2 Å². The van der Waals surface area contributed by atoms with E-state index in [0.717, 1.165) is 24.2 Å². The van der Waals surface area contributed by atoms with E-state index in [4.69, 9.17) is 0 Å². The van der Waals surface area contributed by atoms with Gasteiger partial charge in [0.2, 0.25) is 0 Å². The summed E-state index contributed by atoms with van der Waals surface area (Å²) in [5, 5.41) is 6.75. The van der Waals surface area contributed by atoms with Crippen LogP contribution in [0.2, 0.25) is 0 Å². The maximum atomic E-state index is 11.9. The summed E-state index contributed by atoms with van der Waals surface area (Å²) in [6.07, 6.45) is 0.848. The quantitative estimate of drug-likeness (QED) is 0.775. The second-order valence-corrected chi connectivity index (χ2v) is 5.51. The van der Waals surface area contributed by atoms with Crippen molar-refractivity contribution < 1.29 is 4.79 Å². The summed E-state index contributed by atoms with van der Waals surface area (Å²) in [5.41, 5.74) is 1.29. The van der Waals surface area contributed by atoms with Crippen molar-refractivity contribution in [2.24, 2.45) is 7.05 Å². The third kappa shape index (κ3) is 5.34. The van der Waals surface area contributed by atoms with E-state index in [1.807, 2.05) is 18.2 Å². The number of carbonyl (C=O) groups excluding carboxylic acids is 1. The summed E-state index contributed by atoms with van der Waals surface area (Å²) < 4.78 is 1.16. The summed E-state index contributed by atoms with van der Waals surface area (Å²) in [6, 6.07) is 13.1. The number of hydrogen-bond acceptors (Lipinski definition) is 4. The van der Waals surface area contributed by atoms with Crippen molar-refractivity contribution in [1.82, 2.24) is 20.0 Å². The lowest BCUT2D eigenvalue weighted by molar-refractivity contribution is 0.0944. The Hall–Kier alpha value is -2.47. The number of hydrogen-bond donors (Lipinski definition) is 1. The van der Waals surface area contributed by atoms with E-state index in [1.54, 1.807) is 0 Å². The first kappa shape index (κ1) is 16.9. The molecule has 6 heteroatoms. The molecule has 2 aromatic rings. The SMILES string of the molecule is CN(CCCNC(=O)c1ccc(=O)n(C)n1)Cc1ccccc1. The molecule has 0 bridgehead atoms. The Bertz CT molecular complexity index is 697. The number of aryl methyl sites for hydroxylation is 1. The molecule has 1 heterocycles. The zero-order chi connectivity index (χ0) is 16.7. The van der Waals surface area contributed by atoms with Gasteiger partial charge in [0.25, 0.3) is 11.5 Å². The molecule has 0 saturated heterocycles. The Morgan fingerprint density at radius 1 is 1.22 bits per heavy atom. The fourth-order valence-corrected chi connectivity index (χ4v) is 2.24. The standard InChI is InChI=1S/C17H22N4O2/c1-20(13-14-7-4-3-5-8-14)12-6-11-18-17(23)15-9-10-16(22)21(2)19-15/h3-5,7-10H,6,11-13H2,1-2H3,(H,18,23). The maximum Gasteiger partial charge on any atom is 0.271 e. The summed E-state index contributed by atoms with van der Waals surface area (Å²) in [4.78, 5) is 25.4. The number of aromatic nitrogens is 2. The van der Waals surface area contributed by atoms with E-state index in [9.17, 15) is 9.59 Å². The van der Waals surface area contributed by atoms with Crippen LogP contribution in [-0.2, 0) is 13.6 Å². The molecular weight excluding hydrogens is 292 g/mol. The van der Waals surface area contributed by atoms with Gasteiger partial charge in [-0.05, 0) is 31.6 Å². The number of rotatable bonds is 7. The summed E-state index contributed by atoms with van der Waals surface area (Å²) in [5.74, 6) is -0.258. The van der Waals surface area contributed by atoms with Crippen molar-refractivity contribution in [3.63, 3.8) is 0 Å². The zero-order valence-electron chi connectivity index (χ0n) is 13.5. The third-order valence-electron chi connectivity index (χ3n) is 3.49. The molecule has 0 aliphatic heterocycles. The molecule has 0 spiro atoms. The van der Waals surface area contributed by atoms with Crippen molar-refractivity contribution in [2.45, 2.75) is 13.0 Å². The molecule has 1 N–H and O–H groups in total. The van der Waals surface area contributed by atoms with Crippen molar-refractivity contribution in [3.8, 4) is 0 Å². The van der Waals surface area contributed by atoms with Gasteiger partial charge in [-0.25, -0.2) is 4.68 Å². The van der Waals surface area contributed by atoms with E-state index in [2.05, 4.69) is 34.5 Å². The largest absolute Gasteiger partial charge is 0.351 e. The summed E-state index contributed by atoms with van der Waals surface area (Å²) in [6.45, 7) is 2.34. The predicted molar refractivity (Wildman–Crippen MR) is 89.2 cm³/mol. The Kier molecular flexibility index (Phi) is 6.05. The molecule has 0 radical (unpaired) electrons. The average Bonchev–Trinajstić information content (AvgIpc) is 2.55. The highest BCUT2D eigenvalue weighted by atomic mass is 16.2. The second kappa shape index (κ2) is 8.24. The lowest BCUT2D eigenvalue weighted by atomic mass is 10.2. The van der Waals surface area contributed by atoms with Gasteiger partial charge in [-0.1, -0.05) is 30.3 Å². The van der Waals surface area contributed by atoms with E-state index in [1.165, 1.54) is 24.7 Å². The van der Waals surface area contributed by atoms with Crippen molar-refractivity contribution >= 4 is 5.91 Å². The second-order valence-electron chi connectivity index (χ2n) is 5.51. The number of carbonyl (C=O) groups is 1. The average molecular weight is 314 g/mol. The van der Waals surface area contributed by atoms with Crippen LogP contribution in [-0.4, -0.2) is 40.7 Å². The molecule has 0 aliphatic rings. The van der Waals surface area contributed by atoms with Crippen LogP contribution in [0.1, 0.15) is 22.5 Å². The van der Waals surface area contributed by atoms with Crippen LogP contribution < -0.4 is 10.9 Å². The van der Waals surface area contributed by atoms with Gasteiger partial charge in [0.05, 0.1) is 0 Å². The van der Waals surface area contributed by atoms with Gasteiger partial charge < -0.3 is 10.2 Å². The Morgan fingerprint density at radius 2 is 1.96 bits per heavy atom. The van der Waals surface area contributed by atoms with Crippen molar-refractivity contribution in [1.29, 1.82) is 0 Å². The molecule has 0 unspecified atom stereocenters. The Morgan fingerprint density at radius 3 is 2.65 bits per heavy atom. The van der Waals surface area contributed by atoms with Gasteiger partial charge >= 0.3 is 0 Å². The van der Waals surface area contributed by atoms with Gasteiger partial charge in [0.1, 0.15) is 5.69 Å². The molecular formula is C17H22N4O2. The molecule has 0 saturated carbocycles. The Balaban J connectivity index is 1.71. The van der Waals surface area contributed by atoms with Crippen LogP contribution in [0.5, 0.6) is 0 Å². The van der Waals surface area contributed by atoms with Crippen LogP contribution in [0.3, 0.4) is 0 Å². The number of nitrogens with one attached hydrogen (secondary N) is 1. The molecule has 1 amide bonds. The number of nitrogens with zero attached hydrogens (tertiary/aromatic N) is 3. The monoisotopic (exact) mass is 314 g/mol. The van der Waals surface area contributed by atoms with Crippen LogP contribution in [0.15, 0.2) is 47.3 Å². The minimum Gasteiger partial charge on any atom is -0.351 e.